The van der Waals surface area contributed by atoms with Crippen molar-refractivity contribution in [3.8, 4) is 5.75 Å². The second kappa shape index (κ2) is 2.06. The van der Waals surface area contributed by atoms with Gasteiger partial charge in [0.1, 0.15) is 6.26 Å². The van der Waals surface area contributed by atoms with Gasteiger partial charge in [-0.1, -0.05) is 18.2 Å². The number of fused-ring (bicyclic) bond motifs is 1. The van der Waals surface area contributed by atoms with Crippen LogP contribution in [0.1, 0.15) is 5.56 Å². The Bertz CT molecular complexity index is 266. The van der Waals surface area contributed by atoms with Crippen molar-refractivity contribution in [2.75, 3.05) is 0 Å². The summed E-state index contributed by atoms with van der Waals surface area (Å²) in [6.07, 6.45) is 3.38. The molecule has 2 nitrogen and oxygen atoms in total. The summed E-state index contributed by atoms with van der Waals surface area (Å²) in [5, 5.41) is 0. The predicted molar refractivity (Wildman–Crippen MR) is 37.2 cm³/mol. The molecule has 0 bridgehead atoms. The van der Waals surface area contributed by atoms with Crippen molar-refractivity contribution in [3.05, 3.63) is 36.1 Å². The molecule has 1 aromatic rings. The average Bonchev–Trinajstić information content (AvgIpc) is 2.05. The molecule has 1 aliphatic heterocycles. The van der Waals surface area contributed by atoms with Crippen LogP contribution in [-0.2, 0) is 4.89 Å². The van der Waals surface area contributed by atoms with E-state index in [0.717, 1.165) is 11.3 Å². The second-order valence-electron chi connectivity index (χ2n) is 2.02. The number of hydrogen-bond acceptors (Lipinski definition) is 2. The molecule has 0 spiro atoms. The third-order valence-corrected chi connectivity index (χ3v) is 1.36. The van der Waals surface area contributed by atoms with Crippen molar-refractivity contribution in [1.82, 2.24) is 0 Å². The Morgan fingerprint density at radius 1 is 1.10 bits per heavy atom. The molecule has 0 unspecified atom stereocenters. The summed E-state index contributed by atoms with van der Waals surface area (Å²) in [5.41, 5.74) is 1.05. The van der Waals surface area contributed by atoms with Crippen molar-refractivity contribution in [2.24, 2.45) is 0 Å². The lowest BCUT2D eigenvalue weighted by Gasteiger charge is -2.08. The molecule has 1 heterocycles. The van der Waals surface area contributed by atoms with Crippen molar-refractivity contribution in [3.63, 3.8) is 0 Å². The van der Waals surface area contributed by atoms with Gasteiger partial charge in [-0.3, -0.25) is 9.78 Å². The van der Waals surface area contributed by atoms with E-state index in [1.165, 1.54) is 6.26 Å². The summed E-state index contributed by atoms with van der Waals surface area (Å²) in [7, 11) is 0. The van der Waals surface area contributed by atoms with Gasteiger partial charge >= 0.3 is 0 Å². The van der Waals surface area contributed by atoms with Gasteiger partial charge in [0.25, 0.3) is 0 Å². The molecular weight excluding hydrogens is 128 g/mol. The monoisotopic (exact) mass is 134 g/mol. The van der Waals surface area contributed by atoms with Gasteiger partial charge in [0.05, 0.1) is 0 Å². The smallest absolute Gasteiger partial charge is 0.185 e. The molecule has 0 fully saturated rings. The summed E-state index contributed by atoms with van der Waals surface area (Å²) in [5.74, 6) is 0.769. The molecule has 10 heavy (non-hydrogen) atoms. The van der Waals surface area contributed by atoms with E-state index in [1.807, 2.05) is 30.3 Å². The molecule has 0 saturated heterocycles. The van der Waals surface area contributed by atoms with Gasteiger partial charge in [-0.2, -0.15) is 0 Å². The maximum Gasteiger partial charge on any atom is 0.185 e. The molecule has 0 radical (unpaired) electrons. The van der Waals surface area contributed by atoms with Crippen LogP contribution in [-0.4, -0.2) is 0 Å². The highest BCUT2D eigenvalue weighted by Gasteiger charge is 2.03. The van der Waals surface area contributed by atoms with E-state index < -0.39 is 0 Å². The molecule has 0 amide bonds. The lowest BCUT2D eigenvalue weighted by atomic mass is 10.2. The van der Waals surface area contributed by atoms with Crippen LogP contribution in [0.2, 0.25) is 0 Å². The Kier molecular flexibility index (Phi) is 1.10. The summed E-state index contributed by atoms with van der Waals surface area (Å²) < 4.78 is 0. The fourth-order valence-electron chi connectivity index (χ4n) is 0.875. The topological polar surface area (TPSA) is 18.5 Å². The highest BCUT2D eigenvalue weighted by molar-refractivity contribution is 5.57. The molecule has 1 aliphatic rings. The first-order chi connectivity index (χ1) is 4.97. The maximum atomic E-state index is 4.84. The van der Waals surface area contributed by atoms with Gasteiger partial charge in [-0.05, 0) is 12.1 Å². The molecule has 0 aliphatic carbocycles. The predicted octanol–water partition coefficient (Wildman–Crippen LogP) is 1.98. The summed E-state index contributed by atoms with van der Waals surface area (Å²) in [6, 6.07) is 7.69. The molecule has 2 rings (SSSR count). The van der Waals surface area contributed by atoms with E-state index in [0.29, 0.717) is 0 Å². The molecule has 0 aromatic heterocycles. The van der Waals surface area contributed by atoms with Crippen LogP contribution in [0.4, 0.5) is 0 Å². The molecular formula is C8H6O2. The zero-order valence-electron chi connectivity index (χ0n) is 5.28. The van der Waals surface area contributed by atoms with Gasteiger partial charge in [0, 0.05) is 5.56 Å². The zero-order chi connectivity index (χ0) is 6.81. The lowest BCUT2D eigenvalue weighted by molar-refractivity contribution is -0.151. The quantitative estimate of drug-likeness (QED) is 0.505. The van der Waals surface area contributed by atoms with Crippen LogP contribution in [0.3, 0.4) is 0 Å². The molecule has 2 heteroatoms. The maximum absolute atomic E-state index is 4.84. The van der Waals surface area contributed by atoms with Gasteiger partial charge in [0.2, 0.25) is 0 Å². The first kappa shape index (κ1) is 5.35. The zero-order valence-corrected chi connectivity index (χ0v) is 5.28. The van der Waals surface area contributed by atoms with E-state index in [9.17, 15) is 0 Å². The Hall–Kier alpha value is -1.44. The van der Waals surface area contributed by atoms with E-state index in [2.05, 4.69) is 4.89 Å². The minimum atomic E-state index is 0.769. The molecule has 1 aromatic carbocycles. The van der Waals surface area contributed by atoms with E-state index >= 15 is 0 Å². The van der Waals surface area contributed by atoms with E-state index in [1.54, 1.807) is 0 Å². The first-order valence-corrected chi connectivity index (χ1v) is 3.06. The van der Waals surface area contributed by atoms with Crippen molar-refractivity contribution >= 4 is 6.08 Å². The minimum absolute atomic E-state index is 0.769. The highest BCUT2D eigenvalue weighted by Crippen LogP contribution is 2.22. The van der Waals surface area contributed by atoms with Crippen molar-refractivity contribution in [1.29, 1.82) is 0 Å². The number of hydrogen-bond donors (Lipinski definition) is 0. The number of rotatable bonds is 0. The molecule has 0 saturated carbocycles. The van der Waals surface area contributed by atoms with Gasteiger partial charge in [0.15, 0.2) is 5.75 Å². The summed E-state index contributed by atoms with van der Waals surface area (Å²) in [6.45, 7) is 0. The van der Waals surface area contributed by atoms with Gasteiger partial charge in [-0.25, -0.2) is 0 Å². The highest BCUT2D eigenvalue weighted by atomic mass is 17.2. The third-order valence-electron chi connectivity index (χ3n) is 1.36. The van der Waals surface area contributed by atoms with Crippen molar-refractivity contribution in [2.45, 2.75) is 0 Å². The van der Waals surface area contributed by atoms with E-state index in [4.69, 9.17) is 4.89 Å². The standard InChI is InChI=1S/C8H6O2/c1-2-4-8-7(3-1)5-6-9-10-8/h1-6H. The van der Waals surface area contributed by atoms with Crippen LogP contribution in [0, 0.1) is 0 Å². The molecule has 0 atom stereocenters. The Labute approximate surface area is 58.6 Å². The Morgan fingerprint density at radius 3 is 2.90 bits per heavy atom. The van der Waals surface area contributed by atoms with Crippen LogP contribution >= 0.6 is 0 Å². The Balaban J connectivity index is 2.54. The third kappa shape index (κ3) is 0.739. The van der Waals surface area contributed by atoms with Gasteiger partial charge < -0.3 is 0 Å². The van der Waals surface area contributed by atoms with Crippen LogP contribution in [0.25, 0.3) is 6.08 Å². The average molecular weight is 134 g/mol. The van der Waals surface area contributed by atoms with E-state index in [-0.39, 0.29) is 0 Å². The van der Waals surface area contributed by atoms with Crippen LogP contribution in [0.5, 0.6) is 5.75 Å². The number of para-hydroxylation sites is 1. The molecule has 0 N–H and O–H groups in total. The van der Waals surface area contributed by atoms with Crippen molar-refractivity contribution < 1.29 is 9.78 Å². The fourth-order valence-corrected chi connectivity index (χ4v) is 0.875. The normalized spacial score (nSPS) is 13.2. The molecule has 50 valence electrons. The number of benzene rings is 1. The van der Waals surface area contributed by atoms with Crippen LogP contribution < -0.4 is 4.89 Å². The second-order valence-corrected chi connectivity index (χ2v) is 2.02. The largest absolute Gasteiger partial charge is 0.298 e. The SMILES string of the molecule is C1=Cc2ccccc2OO1. The summed E-state index contributed by atoms with van der Waals surface area (Å²) in [4.78, 5) is 9.45. The fraction of sp³-hybridized carbons (Fsp3) is 0. The van der Waals surface area contributed by atoms with Gasteiger partial charge in [-0.15, -0.1) is 0 Å². The lowest BCUT2D eigenvalue weighted by Crippen LogP contribution is -1.96. The minimum Gasteiger partial charge on any atom is -0.298 e. The summed E-state index contributed by atoms with van der Waals surface area (Å²) >= 11 is 0. The Morgan fingerprint density at radius 2 is 2.00 bits per heavy atom. The van der Waals surface area contributed by atoms with Crippen LogP contribution in [0.15, 0.2) is 30.5 Å². The first-order valence-electron chi connectivity index (χ1n) is 3.06.